The van der Waals surface area contributed by atoms with Crippen molar-refractivity contribution in [3.63, 3.8) is 0 Å². The number of rotatable bonds is 2. The molecule has 0 atom stereocenters. The van der Waals surface area contributed by atoms with Crippen LogP contribution >= 0.6 is 11.6 Å². The van der Waals surface area contributed by atoms with Crippen molar-refractivity contribution in [1.82, 2.24) is 4.98 Å². The van der Waals surface area contributed by atoms with E-state index in [4.69, 9.17) is 16.3 Å². The van der Waals surface area contributed by atoms with Gasteiger partial charge in [0.15, 0.2) is 5.69 Å². The van der Waals surface area contributed by atoms with E-state index >= 15 is 0 Å². The minimum atomic E-state index is -0.454. The molecule has 0 radical (unpaired) electrons. The van der Waals surface area contributed by atoms with Crippen molar-refractivity contribution >= 4 is 39.2 Å². The predicted octanol–water partition coefficient (Wildman–Crippen LogP) is 4.22. The summed E-state index contributed by atoms with van der Waals surface area (Å²) in [6.45, 7) is 2.07. The molecule has 1 aromatic heterocycles. The van der Waals surface area contributed by atoms with Gasteiger partial charge in [-0.3, -0.25) is 0 Å². The van der Waals surface area contributed by atoms with Gasteiger partial charge in [0.05, 0.1) is 17.1 Å². The fourth-order valence-corrected chi connectivity index (χ4v) is 2.57. The van der Waals surface area contributed by atoms with Crippen LogP contribution in [0.5, 0.6) is 0 Å². The zero-order chi connectivity index (χ0) is 14.1. The van der Waals surface area contributed by atoms with Gasteiger partial charge >= 0.3 is 5.97 Å². The van der Waals surface area contributed by atoms with Gasteiger partial charge in [0, 0.05) is 5.39 Å². The van der Waals surface area contributed by atoms with Gasteiger partial charge in [0.1, 0.15) is 0 Å². The second-order valence-electron chi connectivity index (χ2n) is 4.39. The number of ether oxygens (including phenoxy) is 1. The first kappa shape index (κ1) is 12.9. The Labute approximate surface area is 121 Å². The van der Waals surface area contributed by atoms with Crippen molar-refractivity contribution < 1.29 is 9.53 Å². The highest BCUT2D eigenvalue weighted by atomic mass is 35.5. The van der Waals surface area contributed by atoms with Gasteiger partial charge in [-0.2, -0.15) is 0 Å². The van der Waals surface area contributed by atoms with Crippen LogP contribution in [0.3, 0.4) is 0 Å². The van der Waals surface area contributed by atoms with Gasteiger partial charge in [-0.15, -0.1) is 0 Å². The van der Waals surface area contributed by atoms with Crippen LogP contribution in [0, 0.1) is 0 Å². The first-order valence-corrected chi connectivity index (χ1v) is 6.73. The molecule has 0 aliphatic heterocycles. The molecule has 20 heavy (non-hydrogen) atoms. The maximum atomic E-state index is 11.8. The molecule has 0 aliphatic rings. The van der Waals surface area contributed by atoms with E-state index in [1.165, 1.54) is 0 Å². The van der Waals surface area contributed by atoms with E-state index in [2.05, 4.69) is 4.98 Å². The Kier molecular flexibility index (Phi) is 3.28. The standard InChI is InChI=1S/C16H12ClNO2/c1-2-20-16(19)14-9-12(17)15-11-6-4-3-5-10(11)7-8-13(15)18-14/h3-9H,2H2,1H3. The van der Waals surface area contributed by atoms with E-state index in [0.717, 1.165) is 16.2 Å². The number of pyridine rings is 1. The number of carbonyl (C=O) groups excluding carboxylic acids is 1. The Morgan fingerprint density at radius 3 is 2.85 bits per heavy atom. The molecule has 0 bridgehead atoms. The molecule has 0 spiro atoms. The maximum absolute atomic E-state index is 11.8. The zero-order valence-electron chi connectivity index (χ0n) is 10.9. The molecule has 3 rings (SSSR count). The molecule has 0 fully saturated rings. The third-order valence-corrected chi connectivity index (χ3v) is 3.43. The monoisotopic (exact) mass is 285 g/mol. The Morgan fingerprint density at radius 2 is 2.05 bits per heavy atom. The average molecular weight is 286 g/mol. The second-order valence-corrected chi connectivity index (χ2v) is 4.80. The van der Waals surface area contributed by atoms with Crippen LogP contribution in [0.2, 0.25) is 5.02 Å². The summed E-state index contributed by atoms with van der Waals surface area (Å²) in [5.41, 5.74) is 0.930. The minimum Gasteiger partial charge on any atom is -0.461 e. The molecule has 4 heteroatoms. The first-order chi connectivity index (χ1) is 9.70. The number of nitrogens with zero attached hydrogens (tertiary/aromatic N) is 1. The quantitative estimate of drug-likeness (QED) is 0.523. The van der Waals surface area contributed by atoms with Gasteiger partial charge in [-0.25, -0.2) is 9.78 Å². The summed E-state index contributed by atoms with van der Waals surface area (Å²) in [5.74, 6) is -0.454. The Balaban J connectivity index is 2.28. The SMILES string of the molecule is CCOC(=O)c1cc(Cl)c2c(ccc3ccccc32)n1. The number of hydrogen-bond acceptors (Lipinski definition) is 3. The van der Waals surface area contributed by atoms with Gasteiger partial charge in [-0.1, -0.05) is 41.9 Å². The highest BCUT2D eigenvalue weighted by Crippen LogP contribution is 2.30. The number of halogens is 1. The zero-order valence-corrected chi connectivity index (χ0v) is 11.6. The summed E-state index contributed by atoms with van der Waals surface area (Å²) in [7, 11) is 0. The molecule has 3 aromatic rings. The normalized spacial score (nSPS) is 10.9. The molecule has 1 heterocycles. The fraction of sp³-hybridized carbons (Fsp3) is 0.125. The molecule has 0 saturated carbocycles. The molecule has 0 N–H and O–H groups in total. The third kappa shape index (κ3) is 2.10. The number of carbonyl (C=O) groups is 1. The lowest BCUT2D eigenvalue weighted by Crippen LogP contribution is -2.07. The van der Waals surface area contributed by atoms with E-state index in [-0.39, 0.29) is 5.69 Å². The molecule has 3 nitrogen and oxygen atoms in total. The average Bonchev–Trinajstić information content (AvgIpc) is 2.46. The van der Waals surface area contributed by atoms with Crippen molar-refractivity contribution in [3.05, 3.63) is 53.2 Å². The van der Waals surface area contributed by atoms with E-state index in [1.807, 2.05) is 36.4 Å². The van der Waals surface area contributed by atoms with E-state index in [0.29, 0.717) is 17.1 Å². The van der Waals surface area contributed by atoms with E-state index in [9.17, 15) is 4.79 Å². The lowest BCUT2D eigenvalue weighted by Gasteiger charge is -2.07. The molecular weight excluding hydrogens is 274 g/mol. The Hall–Kier alpha value is -2.13. The van der Waals surface area contributed by atoms with Crippen molar-refractivity contribution in [1.29, 1.82) is 0 Å². The molecule has 100 valence electrons. The summed E-state index contributed by atoms with van der Waals surface area (Å²) in [4.78, 5) is 16.1. The maximum Gasteiger partial charge on any atom is 0.356 e. The smallest absolute Gasteiger partial charge is 0.356 e. The van der Waals surface area contributed by atoms with Gasteiger partial charge in [0.2, 0.25) is 0 Å². The van der Waals surface area contributed by atoms with Crippen molar-refractivity contribution in [3.8, 4) is 0 Å². The van der Waals surface area contributed by atoms with E-state index < -0.39 is 5.97 Å². The van der Waals surface area contributed by atoms with Crippen LogP contribution in [0.25, 0.3) is 21.7 Å². The molecular formula is C16H12ClNO2. The summed E-state index contributed by atoms with van der Waals surface area (Å²) < 4.78 is 4.96. The van der Waals surface area contributed by atoms with Gasteiger partial charge < -0.3 is 4.74 Å². The Bertz CT molecular complexity index is 814. The number of aromatic nitrogens is 1. The van der Waals surface area contributed by atoms with Crippen molar-refractivity contribution in [2.24, 2.45) is 0 Å². The van der Waals surface area contributed by atoms with E-state index in [1.54, 1.807) is 13.0 Å². The Morgan fingerprint density at radius 1 is 1.25 bits per heavy atom. The number of hydrogen-bond donors (Lipinski definition) is 0. The van der Waals surface area contributed by atoms with Gasteiger partial charge in [-0.05, 0) is 29.8 Å². The highest BCUT2D eigenvalue weighted by Gasteiger charge is 2.13. The summed E-state index contributed by atoms with van der Waals surface area (Å²) in [6, 6.07) is 13.3. The van der Waals surface area contributed by atoms with Gasteiger partial charge in [0.25, 0.3) is 0 Å². The van der Waals surface area contributed by atoms with Crippen LogP contribution in [0.1, 0.15) is 17.4 Å². The van der Waals surface area contributed by atoms with Crippen LogP contribution in [0.15, 0.2) is 42.5 Å². The largest absolute Gasteiger partial charge is 0.461 e. The van der Waals surface area contributed by atoms with Crippen molar-refractivity contribution in [2.75, 3.05) is 6.61 Å². The molecule has 0 amide bonds. The number of fused-ring (bicyclic) bond motifs is 3. The highest BCUT2D eigenvalue weighted by molar-refractivity contribution is 6.38. The summed E-state index contributed by atoms with van der Waals surface area (Å²) in [6.07, 6.45) is 0. The topological polar surface area (TPSA) is 39.2 Å². The number of benzene rings is 2. The lowest BCUT2D eigenvalue weighted by molar-refractivity contribution is 0.0520. The molecule has 0 aliphatic carbocycles. The lowest BCUT2D eigenvalue weighted by atomic mass is 10.0. The van der Waals surface area contributed by atoms with Crippen LogP contribution in [-0.2, 0) is 4.74 Å². The fourth-order valence-electron chi connectivity index (χ4n) is 2.27. The third-order valence-electron chi connectivity index (χ3n) is 3.13. The summed E-state index contributed by atoms with van der Waals surface area (Å²) >= 11 is 6.34. The predicted molar refractivity (Wildman–Crippen MR) is 80.2 cm³/mol. The second kappa shape index (κ2) is 5.10. The number of esters is 1. The van der Waals surface area contributed by atoms with Crippen LogP contribution in [0.4, 0.5) is 0 Å². The summed E-state index contributed by atoms with van der Waals surface area (Å²) in [5, 5.41) is 3.48. The van der Waals surface area contributed by atoms with Crippen molar-refractivity contribution in [2.45, 2.75) is 6.92 Å². The minimum absolute atomic E-state index is 0.236. The molecule has 0 unspecified atom stereocenters. The van der Waals surface area contributed by atoms with Crippen LogP contribution in [-0.4, -0.2) is 17.6 Å². The first-order valence-electron chi connectivity index (χ1n) is 6.36. The molecule has 0 saturated heterocycles. The molecule has 2 aromatic carbocycles. The van der Waals surface area contributed by atoms with Crippen LogP contribution < -0.4 is 0 Å².